The first-order chi connectivity index (χ1) is 10.5. The van der Waals surface area contributed by atoms with Crippen molar-refractivity contribution in [3.8, 4) is 0 Å². The molecule has 0 saturated carbocycles. The van der Waals surface area contributed by atoms with Gasteiger partial charge in [-0.1, -0.05) is 22.9 Å². The van der Waals surface area contributed by atoms with Crippen molar-refractivity contribution < 1.29 is 12.7 Å². The summed E-state index contributed by atoms with van der Waals surface area (Å²) in [6, 6.07) is 8.50. The lowest BCUT2D eigenvalue weighted by molar-refractivity contribution is 0.336. The largest absolute Gasteiger partial charge is 0.358 e. The number of aryl methyl sites for hydroxylation is 2. The minimum absolute atomic E-state index is 0.114. The Balaban J connectivity index is 1.86. The van der Waals surface area contributed by atoms with Crippen molar-refractivity contribution in [2.75, 3.05) is 0 Å². The van der Waals surface area contributed by atoms with E-state index in [1.807, 2.05) is 19.2 Å². The third-order valence-electron chi connectivity index (χ3n) is 3.53. The molecule has 0 atom stereocenters. The molecule has 0 fully saturated rings. The summed E-state index contributed by atoms with van der Waals surface area (Å²) in [4.78, 5) is 0.114. The zero-order chi connectivity index (χ0) is 15.7. The van der Waals surface area contributed by atoms with Crippen LogP contribution < -0.4 is 0 Å². The van der Waals surface area contributed by atoms with E-state index in [0.717, 1.165) is 27.8 Å². The SMILES string of the molecule is Cc1ccc(S(=O)(=O)O/N=C2/CCCn3cc(I)cc32)cc1. The van der Waals surface area contributed by atoms with E-state index in [2.05, 4.69) is 32.3 Å². The van der Waals surface area contributed by atoms with Crippen LogP contribution in [0.15, 0.2) is 46.6 Å². The Morgan fingerprint density at radius 2 is 2.00 bits per heavy atom. The highest BCUT2D eigenvalue weighted by Crippen LogP contribution is 2.21. The molecule has 1 aliphatic rings. The Morgan fingerprint density at radius 1 is 1.27 bits per heavy atom. The zero-order valence-corrected chi connectivity index (χ0v) is 15.0. The molecule has 1 aliphatic heterocycles. The molecule has 0 amide bonds. The van der Waals surface area contributed by atoms with E-state index < -0.39 is 10.1 Å². The Morgan fingerprint density at radius 3 is 2.73 bits per heavy atom. The number of halogens is 1. The quantitative estimate of drug-likeness (QED) is 0.555. The first-order valence-electron chi connectivity index (χ1n) is 6.89. The van der Waals surface area contributed by atoms with Gasteiger partial charge in [-0.2, -0.15) is 8.42 Å². The van der Waals surface area contributed by atoms with Crippen LogP contribution in [0.1, 0.15) is 24.1 Å². The maximum absolute atomic E-state index is 12.2. The number of benzene rings is 1. The van der Waals surface area contributed by atoms with Crippen molar-refractivity contribution in [2.24, 2.45) is 5.16 Å². The van der Waals surface area contributed by atoms with E-state index in [9.17, 15) is 8.42 Å². The monoisotopic (exact) mass is 430 g/mol. The molecular formula is C15H15IN2O3S. The fraction of sp³-hybridized carbons (Fsp3) is 0.267. The molecule has 2 heterocycles. The first-order valence-corrected chi connectivity index (χ1v) is 9.38. The molecule has 22 heavy (non-hydrogen) atoms. The second-order valence-electron chi connectivity index (χ2n) is 5.22. The van der Waals surface area contributed by atoms with E-state index >= 15 is 0 Å². The molecule has 0 spiro atoms. The predicted molar refractivity (Wildman–Crippen MR) is 92.4 cm³/mol. The molecule has 3 rings (SSSR count). The van der Waals surface area contributed by atoms with E-state index in [1.165, 1.54) is 12.1 Å². The van der Waals surface area contributed by atoms with Crippen LogP contribution in [-0.4, -0.2) is 18.7 Å². The lowest BCUT2D eigenvalue weighted by Gasteiger charge is -2.16. The average molecular weight is 430 g/mol. The highest BCUT2D eigenvalue weighted by molar-refractivity contribution is 14.1. The van der Waals surface area contributed by atoms with Gasteiger partial charge in [-0.05, 0) is 60.6 Å². The summed E-state index contributed by atoms with van der Waals surface area (Å²) >= 11 is 2.23. The van der Waals surface area contributed by atoms with Gasteiger partial charge in [0.05, 0.1) is 5.69 Å². The van der Waals surface area contributed by atoms with E-state index in [0.29, 0.717) is 12.1 Å². The van der Waals surface area contributed by atoms with Crippen molar-refractivity contribution in [2.45, 2.75) is 31.2 Å². The van der Waals surface area contributed by atoms with Gasteiger partial charge in [0.25, 0.3) is 0 Å². The normalized spacial score (nSPS) is 16.5. The first kappa shape index (κ1) is 15.5. The van der Waals surface area contributed by atoms with Gasteiger partial charge >= 0.3 is 10.1 Å². The summed E-state index contributed by atoms with van der Waals surface area (Å²) in [6.45, 7) is 2.82. The molecule has 0 bridgehead atoms. The molecule has 0 N–H and O–H groups in total. The van der Waals surface area contributed by atoms with E-state index in [-0.39, 0.29) is 4.90 Å². The van der Waals surface area contributed by atoms with Crippen LogP contribution in [0.2, 0.25) is 0 Å². The van der Waals surface area contributed by atoms with Gasteiger partial charge in [0.1, 0.15) is 10.6 Å². The van der Waals surface area contributed by atoms with Crippen LogP contribution in [0.3, 0.4) is 0 Å². The summed E-state index contributed by atoms with van der Waals surface area (Å²) in [5.74, 6) is 0. The van der Waals surface area contributed by atoms with Gasteiger partial charge < -0.3 is 4.57 Å². The zero-order valence-electron chi connectivity index (χ0n) is 12.0. The Bertz CT molecular complexity index is 823. The van der Waals surface area contributed by atoms with Crippen LogP contribution in [-0.2, 0) is 20.9 Å². The molecule has 7 heteroatoms. The van der Waals surface area contributed by atoms with Gasteiger partial charge in [-0.15, -0.1) is 0 Å². The van der Waals surface area contributed by atoms with Crippen molar-refractivity contribution in [3.05, 3.63) is 51.4 Å². The minimum Gasteiger partial charge on any atom is -0.345 e. The number of oxime groups is 1. The number of nitrogens with zero attached hydrogens (tertiary/aromatic N) is 2. The number of hydrogen-bond donors (Lipinski definition) is 0. The molecule has 0 unspecified atom stereocenters. The third kappa shape index (κ3) is 3.19. The van der Waals surface area contributed by atoms with Crippen LogP contribution in [0.4, 0.5) is 0 Å². The highest BCUT2D eigenvalue weighted by atomic mass is 127. The smallest absolute Gasteiger partial charge is 0.345 e. The highest BCUT2D eigenvalue weighted by Gasteiger charge is 2.20. The van der Waals surface area contributed by atoms with Gasteiger partial charge in [0.15, 0.2) is 0 Å². The van der Waals surface area contributed by atoms with Gasteiger partial charge in [-0.3, -0.25) is 4.28 Å². The molecule has 5 nitrogen and oxygen atoms in total. The Labute approximate surface area is 143 Å². The van der Waals surface area contributed by atoms with E-state index in [4.69, 9.17) is 4.28 Å². The molecule has 0 radical (unpaired) electrons. The molecule has 1 aromatic heterocycles. The second-order valence-corrected chi connectivity index (χ2v) is 7.99. The second kappa shape index (κ2) is 6.04. The van der Waals surface area contributed by atoms with Gasteiger partial charge in [0.2, 0.25) is 0 Å². The number of hydrogen-bond acceptors (Lipinski definition) is 4. The molecule has 1 aromatic carbocycles. The van der Waals surface area contributed by atoms with Crippen molar-refractivity contribution in [1.82, 2.24) is 4.57 Å². The van der Waals surface area contributed by atoms with Crippen LogP contribution in [0, 0.1) is 10.5 Å². The van der Waals surface area contributed by atoms with Gasteiger partial charge in [0, 0.05) is 16.3 Å². The Hall–Kier alpha value is -1.35. The summed E-state index contributed by atoms with van der Waals surface area (Å²) in [6.07, 6.45) is 3.66. The van der Waals surface area contributed by atoms with Crippen LogP contribution in [0.5, 0.6) is 0 Å². The summed E-state index contributed by atoms with van der Waals surface area (Å²) in [5, 5.41) is 3.91. The molecule has 2 aromatic rings. The van der Waals surface area contributed by atoms with Crippen molar-refractivity contribution >= 4 is 38.4 Å². The summed E-state index contributed by atoms with van der Waals surface area (Å²) in [5.41, 5.74) is 2.59. The molecular weight excluding hydrogens is 415 g/mol. The fourth-order valence-corrected chi connectivity index (χ4v) is 3.76. The molecule has 0 saturated heterocycles. The summed E-state index contributed by atoms with van der Waals surface area (Å²) in [7, 11) is -3.87. The number of rotatable bonds is 3. The molecule has 116 valence electrons. The molecule has 0 aliphatic carbocycles. The lowest BCUT2D eigenvalue weighted by atomic mass is 10.1. The number of fused-ring (bicyclic) bond motifs is 1. The Kier molecular flexibility index (Phi) is 4.26. The average Bonchev–Trinajstić information content (AvgIpc) is 2.86. The maximum Gasteiger partial charge on any atom is 0.358 e. The predicted octanol–water partition coefficient (Wildman–Crippen LogP) is 3.30. The van der Waals surface area contributed by atoms with Crippen molar-refractivity contribution in [1.29, 1.82) is 0 Å². The number of aromatic nitrogens is 1. The van der Waals surface area contributed by atoms with Crippen molar-refractivity contribution in [3.63, 3.8) is 0 Å². The lowest BCUT2D eigenvalue weighted by Crippen LogP contribution is -2.17. The van der Waals surface area contributed by atoms with Gasteiger partial charge in [-0.25, -0.2) is 0 Å². The van der Waals surface area contributed by atoms with Crippen LogP contribution in [0.25, 0.3) is 0 Å². The third-order valence-corrected chi connectivity index (χ3v) is 5.24. The summed E-state index contributed by atoms with van der Waals surface area (Å²) < 4.78 is 32.4. The topological polar surface area (TPSA) is 60.7 Å². The van der Waals surface area contributed by atoms with E-state index in [1.54, 1.807) is 12.1 Å². The maximum atomic E-state index is 12.2. The minimum atomic E-state index is -3.87. The fourth-order valence-electron chi connectivity index (χ4n) is 2.38. The van der Waals surface area contributed by atoms with Crippen LogP contribution >= 0.6 is 22.6 Å². The standard InChI is InChI=1S/C15H15IN2O3S/c1-11-4-6-13(7-5-11)22(19,20)21-17-14-3-2-8-18-10-12(16)9-15(14)18/h4-7,9-10H,2-3,8H2,1H3/b17-14-.